The van der Waals surface area contributed by atoms with E-state index < -0.39 is 5.97 Å². The fraction of sp³-hybridized carbons (Fsp3) is 0.263. The lowest BCUT2D eigenvalue weighted by molar-refractivity contribution is -0.137. The molecule has 0 saturated carbocycles. The third kappa shape index (κ3) is 2.85. The quantitative estimate of drug-likeness (QED) is 0.753. The van der Waals surface area contributed by atoms with Gasteiger partial charge in [-0.05, 0) is 56.5 Å². The Balaban J connectivity index is 2.01. The maximum Gasteiger partial charge on any atom is 0.303 e. The van der Waals surface area contributed by atoms with Gasteiger partial charge in [0.2, 0.25) is 0 Å². The number of anilines is 1. The second-order valence-electron chi connectivity index (χ2n) is 6.22. The normalized spacial score (nSPS) is 14.8. The van der Waals surface area contributed by atoms with Gasteiger partial charge in [-0.3, -0.25) is 9.59 Å². The van der Waals surface area contributed by atoms with Gasteiger partial charge in [-0.15, -0.1) is 0 Å². The number of amides is 1. The number of benzene rings is 1. The molecule has 2 aromatic rings. The summed E-state index contributed by atoms with van der Waals surface area (Å²) in [6, 6.07) is 5.88. The highest BCUT2D eigenvalue weighted by molar-refractivity contribution is 6.34. The van der Waals surface area contributed by atoms with Gasteiger partial charge >= 0.3 is 5.97 Å². The first-order chi connectivity index (χ1) is 11.4. The van der Waals surface area contributed by atoms with Crippen LogP contribution in [0.25, 0.3) is 11.6 Å². The van der Waals surface area contributed by atoms with E-state index in [-0.39, 0.29) is 12.3 Å². The third-order valence-electron chi connectivity index (χ3n) is 4.47. The molecule has 1 aliphatic rings. The number of fused-ring (bicyclic) bond motifs is 1. The van der Waals surface area contributed by atoms with Crippen molar-refractivity contribution in [1.29, 1.82) is 0 Å². The zero-order chi connectivity index (χ0) is 17.4. The number of aliphatic carboxylic acids is 1. The summed E-state index contributed by atoms with van der Waals surface area (Å²) in [4.78, 5) is 26.4. The van der Waals surface area contributed by atoms with Crippen molar-refractivity contribution in [3.05, 3.63) is 51.8 Å². The van der Waals surface area contributed by atoms with Gasteiger partial charge in [-0.2, -0.15) is 0 Å². The van der Waals surface area contributed by atoms with Crippen LogP contribution in [0.3, 0.4) is 0 Å². The van der Waals surface area contributed by atoms with Gasteiger partial charge in [0.25, 0.3) is 5.91 Å². The van der Waals surface area contributed by atoms with Crippen LogP contribution < -0.4 is 5.32 Å². The molecule has 0 radical (unpaired) electrons. The highest BCUT2D eigenvalue weighted by Crippen LogP contribution is 2.34. The molecule has 0 atom stereocenters. The first-order valence-electron chi connectivity index (χ1n) is 7.90. The summed E-state index contributed by atoms with van der Waals surface area (Å²) in [6.07, 6.45) is 2.43. The van der Waals surface area contributed by atoms with Crippen LogP contribution in [0.15, 0.2) is 18.2 Å². The predicted molar refractivity (Wildman–Crippen MR) is 93.9 cm³/mol. The predicted octanol–water partition coefficient (Wildman–Crippen LogP) is 3.45. The van der Waals surface area contributed by atoms with Gasteiger partial charge in [0.05, 0.1) is 5.57 Å². The Labute approximate surface area is 140 Å². The number of carboxylic acid groups (broad SMARTS) is 1. The molecule has 3 rings (SSSR count). The van der Waals surface area contributed by atoms with E-state index in [9.17, 15) is 9.59 Å². The van der Waals surface area contributed by atoms with Gasteiger partial charge in [-0.1, -0.05) is 11.6 Å². The molecule has 0 unspecified atom stereocenters. The number of carbonyl (C=O) groups is 2. The summed E-state index contributed by atoms with van der Waals surface area (Å²) in [6.45, 7) is 5.88. The molecular formula is C19H20N2O3. The van der Waals surface area contributed by atoms with Crippen LogP contribution >= 0.6 is 0 Å². The summed E-state index contributed by atoms with van der Waals surface area (Å²) >= 11 is 0. The van der Waals surface area contributed by atoms with Crippen LogP contribution in [0.2, 0.25) is 0 Å². The van der Waals surface area contributed by atoms with Gasteiger partial charge in [0.1, 0.15) is 0 Å². The number of carbonyl (C=O) groups excluding carboxylic acids is 1. The lowest BCUT2D eigenvalue weighted by Gasteiger charge is -2.01. The maximum atomic E-state index is 12.3. The first-order valence-corrected chi connectivity index (χ1v) is 7.90. The van der Waals surface area contributed by atoms with Crippen molar-refractivity contribution < 1.29 is 14.7 Å². The zero-order valence-electron chi connectivity index (χ0n) is 14.0. The lowest BCUT2D eigenvalue weighted by atomic mass is 10.0. The summed E-state index contributed by atoms with van der Waals surface area (Å²) in [5, 5.41) is 11.8. The number of aromatic nitrogens is 1. The van der Waals surface area contributed by atoms with Crippen LogP contribution in [0.4, 0.5) is 5.69 Å². The Kier molecular flexibility index (Phi) is 4.01. The number of aryl methyl sites for hydroxylation is 2. The summed E-state index contributed by atoms with van der Waals surface area (Å²) in [7, 11) is 0. The van der Waals surface area contributed by atoms with Crippen molar-refractivity contribution in [3.63, 3.8) is 0 Å². The molecule has 1 aromatic heterocycles. The minimum absolute atomic E-state index is 0.0953. The molecule has 1 amide bonds. The molecule has 5 nitrogen and oxygen atoms in total. The van der Waals surface area contributed by atoms with Crippen molar-refractivity contribution in [2.45, 2.75) is 33.6 Å². The summed E-state index contributed by atoms with van der Waals surface area (Å²) in [5.74, 6) is -0.927. The summed E-state index contributed by atoms with van der Waals surface area (Å²) < 4.78 is 0. The molecule has 124 valence electrons. The fourth-order valence-electron chi connectivity index (χ4n) is 3.16. The lowest BCUT2D eigenvalue weighted by Crippen LogP contribution is -2.03. The van der Waals surface area contributed by atoms with Gasteiger partial charge in [-0.25, -0.2) is 0 Å². The molecule has 3 N–H and O–H groups in total. The van der Waals surface area contributed by atoms with E-state index in [0.717, 1.165) is 39.3 Å². The molecule has 5 heteroatoms. The molecule has 0 saturated heterocycles. The first kappa shape index (κ1) is 16.1. The SMILES string of the molecule is Cc1ccc2c(c1)/C(=C/c1[nH]c(C)c(CCC(=O)O)c1C)C(=O)N2. The third-order valence-corrected chi connectivity index (χ3v) is 4.47. The second-order valence-corrected chi connectivity index (χ2v) is 6.22. The Morgan fingerprint density at radius 1 is 1.25 bits per heavy atom. The van der Waals surface area contributed by atoms with Crippen molar-refractivity contribution in [1.82, 2.24) is 4.98 Å². The van der Waals surface area contributed by atoms with Crippen LogP contribution in [0, 0.1) is 20.8 Å². The monoisotopic (exact) mass is 324 g/mol. The molecular weight excluding hydrogens is 304 g/mol. The number of carboxylic acids is 1. The number of aromatic amines is 1. The molecule has 0 aliphatic carbocycles. The van der Waals surface area contributed by atoms with Gasteiger partial charge in [0.15, 0.2) is 0 Å². The van der Waals surface area contributed by atoms with Crippen LogP contribution in [-0.2, 0) is 16.0 Å². The van der Waals surface area contributed by atoms with E-state index in [4.69, 9.17) is 5.11 Å². The van der Waals surface area contributed by atoms with E-state index >= 15 is 0 Å². The van der Waals surface area contributed by atoms with E-state index in [1.807, 2.05) is 45.0 Å². The maximum absolute atomic E-state index is 12.3. The minimum Gasteiger partial charge on any atom is -0.481 e. The standard InChI is InChI=1S/C19H20N2O3/c1-10-4-6-16-14(8-10)15(19(24)21-16)9-17-11(2)13(12(3)20-17)5-7-18(22)23/h4,6,8-9,20H,5,7H2,1-3H3,(H,21,24)(H,22,23)/b15-9-. The Hall–Kier alpha value is -2.82. The van der Waals surface area contributed by atoms with Crippen molar-refractivity contribution in [2.75, 3.05) is 5.32 Å². The summed E-state index contributed by atoms with van der Waals surface area (Å²) in [5.41, 5.74) is 7.25. The zero-order valence-corrected chi connectivity index (χ0v) is 14.0. The van der Waals surface area contributed by atoms with Gasteiger partial charge in [0, 0.05) is 29.1 Å². The molecule has 1 aromatic carbocycles. The largest absolute Gasteiger partial charge is 0.481 e. The molecule has 24 heavy (non-hydrogen) atoms. The van der Waals surface area contributed by atoms with Gasteiger partial charge < -0.3 is 15.4 Å². The van der Waals surface area contributed by atoms with E-state index in [0.29, 0.717) is 12.0 Å². The fourth-order valence-corrected chi connectivity index (χ4v) is 3.16. The Bertz CT molecular complexity index is 875. The topological polar surface area (TPSA) is 82.2 Å². The van der Waals surface area contributed by atoms with E-state index in [2.05, 4.69) is 10.3 Å². The average molecular weight is 324 g/mol. The van der Waals surface area contributed by atoms with Crippen LogP contribution in [0.5, 0.6) is 0 Å². The average Bonchev–Trinajstić information content (AvgIpc) is 2.95. The van der Waals surface area contributed by atoms with Crippen molar-refractivity contribution in [3.8, 4) is 0 Å². The van der Waals surface area contributed by atoms with Crippen molar-refractivity contribution >= 4 is 29.2 Å². The number of hydrogen-bond acceptors (Lipinski definition) is 2. The Morgan fingerprint density at radius 3 is 2.71 bits per heavy atom. The second kappa shape index (κ2) is 6.00. The van der Waals surface area contributed by atoms with Crippen LogP contribution in [-0.4, -0.2) is 22.0 Å². The van der Waals surface area contributed by atoms with Crippen molar-refractivity contribution in [2.24, 2.45) is 0 Å². The van der Waals surface area contributed by atoms with E-state index in [1.165, 1.54) is 0 Å². The minimum atomic E-state index is -0.811. The number of rotatable bonds is 4. The number of H-pyrrole nitrogens is 1. The number of nitrogens with one attached hydrogen (secondary N) is 2. The molecule has 2 heterocycles. The molecule has 0 bridgehead atoms. The molecule has 0 spiro atoms. The van der Waals surface area contributed by atoms with E-state index in [1.54, 1.807) is 0 Å². The molecule has 1 aliphatic heterocycles. The highest BCUT2D eigenvalue weighted by atomic mass is 16.4. The smallest absolute Gasteiger partial charge is 0.303 e. The highest BCUT2D eigenvalue weighted by Gasteiger charge is 2.24. The van der Waals surface area contributed by atoms with Crippen LogP contribution in [0.1, 0.15) is 40.1 Å². The molecule has 0 fully saturated rings. The Morgan fingerprint density at radius 2 is 2.00 bits per heavy atom. The number of hydrogen-bond donors (Lipinski definition) is 3.